The lowest BCUT2D eigenvalue weighted by atomic mass is 9.92. The zero-order chi connectivity index (χ0) is 22.9. The third kappa shape index (κ3) is 4.77. The van der Waals surface area contributed by atoms with Gasteiger partial charge in [-0.1, -0.05) is 29.5 Å². The molecule has 4 rings (SSSR count). The van der Waals surface area contributed by atoms with Crippen LogP contribution in [0.5, 0.6) is 0 Å². The number of fused-ring (bicyclic) bond motifs is 1. The van der Waals surface area contributed by atoms with E-state index in [-0.39, 0.29) is 19.1 Å². The Morgan fingerprint density at radius 3 is 2.66 bits per heavy atom. The molecule has 6 nitrogen and oxygen atoms in total. The van der Waals surface area contributed by atoms with E-state index in [1.54, 1.807) is 6.20 Å². The van der Waals surface area contributed by atoms with Crippen LogP contribution in [0.3, 0.4) is 0 Å². The number of amides is 1. The van der Waals surface area contributed by atoms with Gasteiger partial charge >= 0.3 is 6.18 Å². The van der Waals surface area contributed by atoms with Gasteiger partial charge in [0.1, 0.15) is 0 Å². The number of benzene rings is 2. The van der Waals surface area contributed by atoms with Crippen molar-refractivity contribution < 1.29 is 23.1 Å². The molecule has 2 aromatic carbocycles. The average Bonchev–Trinajstić information content (AvgIpc) is 3.37. The molecule has 0 spiro atoms. The molecule has 0 unspecified atom stereocenters. The molecular formula is C22H21F3N4O2S. The highest BCUT2D eigenvalue weighted by Gasteiger charge is 2.30. The second-order valence-electron chi connectivity index (χ2n) is 7.58. The van der Waals surface area contributed by atoms with Crippen LogP contribution >= 0.6 is 11.3 Å². The molecule has 0 saturated heterocycles. The van der Waals surface area contributed by atoms with Crippen LogP contribution in [0, 0.1) is 0 Å². The van der Waals surface area contributed by atoms with Crippen molar-refractivity contribution in [1.29, 1.82) is 0 Å². The number of hydrogen-bond acceptors (Lipinski definition) is 6. The Morgan fingerprint density at radius 2 is 1.97 bits per heavy atom. The van der Waals surface area contributed by atoms with Gasteiger partial charge in [-0.25, -0.2) is 4.98 Å². The number of aliphatic hydroxyl groups is 1. The molecule has 0 saturated carbocycles. The lowest BCUT2D eigenvalue weighted by molar-refractivity contribution is -0.137. The zero-order valence-electron chi connectivity index (χ0n) is 16.8. The van der Waals surface area contributed by atoms with Gasteiger partial charge in [-0.15, -0.1) is 0 Å². The highest BCUT2D eigenvalue weighted by Crippen LogP contribution is 2.34. The Bertz CT molecular complexity index is 1120. The number of alkyl halides is 3. The van der Waals surface area contributed by atoms with E-state index in [1.165, 1.54) is 23.5 Å². The first kappa shape index (κ1) is 22.3. The highest BCUT2D eigenvalue weighted by atomic mass is 32.1. The number of carbonyl (C=O) groups is 1. The molecule has 1 aliphatic heterocycles. The lowest BCUT2D eigenvalue weighted by Gasteiger charge is -2.23. The summed E-state index contributed by atoms with van der Waals surface area (Å²) < 4.78 is 38.3. The summed E-state index contributed by atoms with van der Waals surface area (Å²) in [6.07, 6.45) is -2.33. The molecule has 3 aromatic rings. The molecule has 1 aromatic heterocycles. The van der Waals surface area contributed by atoms with Crippen LogP contribution in [0.25, 0.3) is 10.4 Å². The quantitative estimate of drug-likeness (QED) is 0.428. The largest absolute Gasteiger partial charge is 0.416 e. The molecule has 0 aliphatic carbocycles. The topological polar surface area (TPSA) is 100 Å². The summed E-state index contributed by atoms with van der Waals surface area (Å²) in [5.74, 6) is -0.546. The van der Waals surface area contributed by atoms with Gasteiger partial charge in [0, 0.05) is 30.4 Å². The molecule has 5 N–H and O–H groups in total. The zero-order valence-corrected chi connectivity index (χ0v) is 17.6. The van der Waals surface area contributed by atoms with Crippen molar-refractivity contribution in [3.8, 4) is 10.4 Å². The van der Waals surface area contributed by atoms with E-state index in [0.717, 1.165) is 33.8 Å². The van der Waals surface area contributed by atoms with E-state index in [2.05, 4.69) is 15.6 Å². The van der Waals surface area contributed by atoms with E-state index in [9.17, 15) is 23.1 Å². The maximum atomic E-state index is 12.8. The van der Waals surface area contributed by atoms with Gasteiger partial charge in [0.2, 0.25) is 5.91 Å². The molecule has 2 heterocycles. The summed E-state index contributed by atoms with van der Waals surface area (Å²) in [7, 11) is 0. The smallest absolute Gasteiger partial charge is 0.396 e. The lowest BCUT2D eigenvalue weighted by Crippen LogP contribution is -2.37. The monoisotopic (exact) mass is 462 g/mol. The number of anilines is 2. The molecule has 0 bridgehead atoms. The number of thiazole rings is 1. The third-order valence-electron chi connectivity index (χ3n) is 5.39. The molecule has 32 heavy (non-hydrogen) atoms. The minimum atomic E-state index is -4.41. The molecule has 0 radical (unpaired) electrons. The first-order valence-corrected chi connectivity index (χ1v) is 10.7. The van der Waals surface area contributed by atoms with Gasteiger partial charge in [-0.05, 0) is 41.0 Å². The van der Waals surface area contributed by atoms with Crippen molar-refractivity contribution in [3.05, 3.63) is 65.4 Å². The van der Waals surface area contributed by atoms with Crippen molar-refractivity contribution in [1.82, 2.24) is 4.98 Å². The number of rotatable bonds is 7. The Labute approximate surface area is 186 Å². The van der Waals surface area contributed by atoms with Gasteiger partial charge in [-0.3, -0.25) is 4.79 Å². The number of nitrogens with one attached hydrogen (secondary N) is 2. The van der Waals surface area contributed by atoms with Gasteiger partial charge in [0.05, 0.1) is 23.5 Å². The normalized spacial score (nSPS) is 15.2. The Morgan fingerprint density at radius 1 is 1.22 bits per heavy atom. The van der Waals surface area contributed by atoms with Crippen molar-refractivity contribution in [3.63, 3.8) is 0 Å². The maximum Gasteiger partial charge on any atom is 0.416 e. The minimum Gasteiger partial charge on any atom is -0.396 e. The fourth-order valence-electron chi connectivity index (χ4n) is 3.63. The summed E-state index contributed by atoms with van der Waals surface area (Å²) in [6.45, 7) is -0.0129. The number of halogens is 3. The van der Waals surface area contributed by atoms with Crippen LogP contribution in [0.15, 0.2) is 48.7 Å². The fourth-order valence-corrected chi connectivity index (χ4v) is 4.45. The molecule has 2 atom stereocenters. The number of hydrogen-bond donors (Lipinski definition) is 4. The van der Waals surface area contributed by atoms with Crippen molar-refractivity contribution in [2.24, 2.45) is 5.73 Å². The first-order valence-electron chi connectivity index (χ1n) is 9.91. The third-order valence-corrected chi connectivity index (χ3v) is 6.39. The van der Waals surface area contributed by atoms with Crippen molar-refractivity contribution in [2.75, 3.05) is 23.8 Å². The number of aromatic nitrogens is 1. The van der Waals surface area contributed by atoms with Crippen molar-refractivity contribution >= 4 is 28.1 Å². The minimum absolute atomic E-state index is 0.0238. The van der Waals surface area contributed by atoms with Crippen molar-refractivity contribution in [2.45, 2.75) is 24.6 Å². The summed E-state index contributed by atoms with van der Waals surface area (Å²) in [4.78, 5) is 16.8. The molecule has 10 heteroatoms. The maximum absolute atomic E-state index is 12.8. The van der Waals surface area contributed by atoms with Crippen LogP contribution in [0.1, 0.15) is 22.6 Å². The number of aliphatic hydroxyl groups excluding tert-OH is 1. The summed E-state index contributed by atoms with van der Waals surface area (Å²) >= 11 is 1.42. The molecule has 168 valence electrons. The fraction of sp³-hybridized carbons (Fsp3) is 0.273. The van der Waals surface area contributed by atoms with E-state index in [4.69, 9.17) is 5.73 Å². The Balaban J connectivity index is 1.40. The SMILES string of the molecule is N[C@H](CNc1ncc(-c2ccc3c(c2)CC(=O)N3)s1)[C@@H](CO)c1ccc(C(F)(F)F)cc1. The summed E-state index contributed by atoms with van der Waals surface area (Å²) in [5.41, 5.74) is 8.73. The number of carbonyl (C=O) groups excluding carboxylic acids is 1. The average molecular weight is 462 g/mol. The molecule has 0 fully saturated rings. The second-order valence-corrected chi connectivity index (χ2v) is 8.61. The standard InChI is InChI=1S/C22H21F3N4O2S/c23-22(24,25)15-4-1-12(2-5-15)16(11-30)17(26)9-27-21-28-10-19(32-21)13-3-6-18-14(7-13)8-20(31)29-18/h1-7,10,16-17,30H,8-9,11,26H2,(H,27,28)(H,29,31)/t16-,17+/m0/s1. The van der Waals surface area contributed by atoms with Gasteiger partial charge in [0.15, 0.2) is 5.13 Å². The van der Waals surface area contributed by atoms with E-state index in [0.29, 0.717) is 17.1 Å². The number of nitrogens with two attached hydrogens (primary N) is 1. The van der Waals surface area contributed by atoms with E-state index >= 15 is 0 Å². The van der Waals surface area contributed by atoms with Crippen LogP contribution in [0.4, 0.5) is 24.0 Å². The van der Waals surface area contributed by atoms with Gasteiger partial charge in [-0.2, -0.15) is 13.2 Å². The Kier molecular flexibility index (Phi) is 6.18. The van der Waals surface area contributed by atoms with Crippen LogP contribution in [-0.4, -0.2) is 35.2 Å². The molecule has 1 aliphatic rings. The summed E-state index contributed by atoms with van der Waals surface area (Å²) in [5, 5.41) is 16.3. The predicted molar refractivity (Wildman–Crippen MR) is 118 cm³/mol. The van der Waals surface area contributed by atoms with Gasteiger partial charge in [0.25, 0.3) is 0 Å². The summed E-state index contributed by atoms with van der Waals surface area (Å²) in [6, 6.07) is 9.88. The predicted octanol–water partition coefficient (Wildman–Crippen LogP) is 3.84. The van der Waals surface area contributed by atoms with Gasteiger partial charge < -0.3 is 21.5 Å². The second kappa shape index (κ2) is 8.89. The van der Waals surface area contributed by atoms with Crippen LogP contribution in [0.2, 0.25) is 0 Å². The molecule has 1 amide bonds. The van der Waals surface area contributed by atoms with E-state index < -0.39 is 23.7 Å². The van der Waals surface area contributed by atoms with Crippen LogP contribution in [-0.2, 0) is 17.4 Å². The highest BCUT2D eigenvalue weighted by molar-refractivity contribution is 7.18. The molecular weight excluding hydrogens is 441 g/mol. The van der Waals surface area contributed by atoms with E-state index in [1.807, 2.05) is 18.2 Å². The first-order chi connectivity index (χ1) is 15.2. The number of nitrogens with zero attached hydrogens (tertiary/aromatic N) is 1. The van der Waals surface area contributed by atoms with Crippen LogP contribution < -0.4 is 16.4 Å². The Hall–Kier alpha value is -2.95.